The predicted molar refractivity (Wildman–Crippen MR) is 97.1 cm³/mol. The third kappa shape index (κ3) is 3.78. The van der Waals surface area contributed by atoms with Crippen LogP contribution in [0.3, 0.4) is 0 Å². The van der Waals surface area contributed by atoms with E-state index in [0.717, 1.165) is 31.4 Å². The van der Waals surface area contributed by atoms with Crippen LogP contribution in [0.15, 0.2) is 42.6 Å². The third-order valence-electron chi connectivity index (χ3n) is 4.86. The topological polar surface area (TPSA) is 66.1 Å². The Kier molecular flexibility index (Phi) is 5.26. The molecule has 1 aliphatic heterocycles. The first-order chi connectivity index (χ1) is 12.0. The molecular formula is C19H23N3O2S. The number of nitriles is 1. The van der Waals surface area contributed by atoms with Crippen molar-refractivity contribution in [2.75, 3.05) is 6.54 Å². The lowest BCUT2D eigenvalue weighted by atomic mass is 10.1. The summed E-state index contributed by atoms with van der Waals surface area (Å²) in [5.74, 6) is -0.127. The molecule has 1 aliphatic rings. The number of hydrogen-bond donors (Lipinski definition) is 0. The molecule has 0 bridgehead atoms. The molecule has 1 saturated heterocycles. The third-order valence-corrected chi connectivity index (χ3v) is 6.69. The molecule has 0 amide bonds. The average molecular weight is 357 g/mol. The van der Waals surface area contributed by atoms with Crippen LogP contribution in [0, 0.1) is 11.3 Å². The van der Waals surface area contributed by atoms with Gasteiger partial charge in [0.1, 0.15) is 0 Å². The van der Waals surface area contributed by atoms with E-state index in [4.69, 9.17) is 0 Å². The highest BCUT2D eigenvalue weighted by molar-refractivity contribution is 7.88. The average Bonchev–Trinajstić information content (AvgIpc) is 2.86. The van der Waals surface area contributed by atoms with Gasteiger partial charge in [-0.3, -0.25) is 0 Å². The second kappa shape index (κ2) is 7.42. The highest BCUT2D eigenvalue weighted by atomic mass is 32.2. The van der Waals surface area contributed by atoms with Gasteiger partial charge in [-0.1, -0.05) is 31.0 Å². The lowest BCUT2D eigenvalue weighted by molar-refractivity contribution is 0.318. The van der Waals surface area contributed by atoms with Crippen molar-refractivity contribution in [3.8, 4) is 6.07 Å². The second-order valence-corrected chi connectivity index (χ2v) is 8.47. The maximum Gasteiger partial charge on any atom is 0.218 e. The number of sulfonamides is 1. The zero-order valence-electron chi connectivity index (χ0n) is 14.4. The highest BCUT2D eigenvalue weighted by Gasteiger charge is 2.33. The first kappa shape index (κ1) is 17.7. The monoisotopic (exact) mass is 357 g/mol. The van der Waals surface area contributed by atoms with E-state index < -0.39 is 10.0 Å². The van der Waals surface area contributed by atoms with Crippen LogP contribution in [0.2, 0.25) is 0 Å². The number of rotatable bonds is 4. The number of aryl methyl sites for hydroxylation is 1. The van der Waals surface area contributed by atoms with E-state index in [1.54, 1.807) is 28.6 Å². The molecule has 0 saturated carbocycles. The molecule has 1 aromatic heterocycles. The van der Waals surface area contributed by atoms with Gasteiger partial charge in [0.15, 0.2) is 0 Å². The second-order valence-electron chi connectivity index (χ2n) is 6.54. The molecule has 0 N–H and O–H groups in total. The van der Waals surface area contributed by atoms with Gasteiger partial charge < -0.3 is 4.57 Å². The Morgan fingerprint density at radius 1 is 1.16 bits per heavy atom. The SMILES string of the molecule is Cn1cccc1C1CCCCCN1S(=O)(=O)Cc1ccccc1C#N. The highest BCUT2D eigenvalue weighted by Crippen LogP contribution is 2.33. The van der Waals surface area contributed by atoms with Crippen LogP contribution in [0.1, 0.15) is 48.5 Å². The van der Waals surface area contributed by atoms with Crippen molar-refractivity contribution < 1.29 is 8.42 Å². The fraction of sp³-hybridized carbons (Fsp3) is 0.421. The maximum atomic E-state index is 13.2. The summed E-state index contributed by atoms with van der Waals surface area (Å²) in [5, 5.41) is 9.25. The Labute approximate surface area is 149 Å². The molecule has 1 unspecified atom stereocenters. The zero-order valence-corrected chi connectivity index (χ0v) is 15.2. The molecule has 0 aliphatic carbocycles. The van der Waals surface area contributed by atoms with Crippen LogP contribution in [0.25, 0.3) is 0 Å². The normalized spacial score (nSPS) is 19.3. The first-order valence-electron chi connectivity index (χ1n) is 8.61. The molecule has 1 aromatic carbocycles. The van der Waals surface area contributed by atoms with Crippen LogP contribution < -0.4 is 0 Å². The summed E-state index contributed by atoms with van der Waals surface area (Å²) in [6, 6.07) is 12.8. The van der Waals surface area contributed by atoms with Gasteiger partial charge in [0.2, 0.25) is 10.0 Å². The van der Waals surface area contributed by atoms with Crippen LogP contribution in [0.5, 0.6) is 0 Å². The van der Waals surface area contributed by atoms with E-state index >= 15 is 0 Å². The van der Waals surface area contributed by atoms with Crippen molar-refractivity contribution in [2.45, 2.75) is 37.5 Å². The fourth-order valence-electron chi connectivity index (χ4n) is 3.57. The molecule has 1 fully saturated rings. The standard InChI is InChI=1S/C19H23N3O2S/c1-21-12-7-11-18(21)19-10-3-2-6-13-22(19)25(23,24)15-17-9-5-4-8-16(17)14-20/h4-5,7-9,11-12,19H,2-3,6,10,13,15H2,1H3. The lowest BCUT2D eigenvalue weighted by Crippen LogP contribution is -2.36. The Balaban J connectivity index is 1.95. The molecule has 5 nitrogen and oxygen atoms in total. The van der Waals surface area contributed by atoms with Gasteiger partial charge in [0, 0.05) is 25.5 Å². The minimum Gasteiger partial charge on any atom is -0.353 e. The summed E-state index contributed by atoms with van der Waals surface area (Å²) in [7, 11) is -1.56. The van der Waals surface area contributed by atoms with Crippen molar-refractivity contribution >= 4 is 10.0 Å². The number of nitrogens with zero attached hydrogens (tertiary/aromatic N) is 3. The van der Waals surface area contributed by atoms with Gasteiger partial charge in [-0.15, -0.1) is 0 Å². The van der Waals surface area contributed by atoms with Gasteiger partial charge in [-0.05, 0) is 36.6 Å². The Hall–Kier alpha value is -2.10. The van der Waals surface area contributed by atoms with Crippen molar-refractivity contribution in [3.05, 3.63) is 59.4 Å². The van der Waals surface area contributed by atoms with E-state index in [0.29, 0.717) is 17.7 Å². The molecule has 3 rings (SSSR count). The molecule has 0 radical (unpaired) electrons. The van der Waals surface area contributed by atoms with E-state index in [1.165, 1.54) is 0 Å². The Morgan fingerprint density at radius 2 is 1.96 bits per heavy atom. The molecular weight excluding hydrogens is 334 g/mol. The van der Waals surface area contributed by atoms with Crippen LogP contribution in [0.4, 0.5) is 0 Å². The molecule has 0 spiro atoms. The summed E-state index contributed by atoms with van der Waals surface area (Å²) in [4.78, 5) is 0. The molecule has 6 heteroatoms. The number of aromatic nitrogens is 1. The van der Waals surface area contributed by atoms with Gasteiger partial charge in [-0.25, -0.2) is 8.42 Å². The fourth-order valence-corrected chi connectivity index (χ4v) is 5.38. The minimum absolute atomic E-state index is 0.127. The molecule has 25 heavy (non-hydrogen) atoms. The first-order valence-corrected chi connectivity index (χ1v) is 10.2. The summed E-state index contributed by atoms with van der Waals surface area (Å²) >= 11 is 0. The molecule has 132 valence electrons. The largest absolute Gasteiger partial charge is 0.353 e. The number of benzene rings is 1. The molecule has 1 atom stereocenters. The zero-order chi connectivity index (χ0) is 17.9. The van der Waals surface area contributed by atoms with Crippen molar-refractivity contribution in [3.63, 3.8) is 0 Å². The summed E-state index contributed by atoms with van der Waals surface area (Å²) in [6.45, 7) is 0.535. The van der Waals surface area contributed by atoms with Crippen molar-refractivity contribution in [2.24, 2.45) is 7.05 Å². The van der Waals surface area contributed by atoms with Gasteiger partial charge in [0.25, 0.3) is 0 Å². The lowest BCUT2D eigenvalue weighted by Gasteiger charge is -2.30. The van der Waals surface area contributed by atoms with Gasteiger partial charge in [-0.2, -0.15) is 9.57 Å². The van der Waals surface area contributed by atoms with E-state index in [2.05, 4.69) is 6.07 Å². The quantitative estimate of drug-likeness (QED) is 0.843. The number of hydrogen-bond acceptors (Lipinski definition) is 3. The van der Waals surface area contributed by atoms with Crippen molar-refractivity contribution in [1.29, 1.82) is 5.26 Å². The van der Waals surface area contributed by atoms with E-state index in [-0.39, 0.29) is 11.8 Å². The smallest absolute Gasteiger partial charge is 0.218 e. The summed E-state index contributed by atoms with van der Waals surface area (Å²) < 4.78 is 30.1. The summed E-state index contributed by atoms with van der Waals surface area (Å²) in [5.41, 5.74) is 2.02. The van der Waals surface area contributed by atoms with E-state index in [9.17, 15) is 13.7 Å². The van der Waals surface area contributed by atoms with Crippen LogP contribution >= 0.6 is 0 Å². The summed E-state index contributed by atoms with van der Waals surface area (Å²) in [6.07, 6.45) is 5.73. The van der Waals surface area contributed by atoms with Crippen molar-refractivity contribution in [1.82, 2.24) is 8.87 Å². The van der Waals surface area contributed by atoms with Gasteiger partial charge >= 0.3 is 0 Å². The Morgan fingerprint density at radius 3 is 2.68 bits per heavy atom. The van der Waals surface area contributed by atoms with E-state index in [1.807, 2.05) is 29.9 Å². The van der Waals surface area contributed by atoms with Gasteiger partial charge in [0.05, 0.1) is 23.4 Å². The predicted octanol–water partition coefficient (Wildman–Crippen LogP) is 3.34. The minimum atomic E-state index is -3.52. The molecule has 2 aromatic rings. The molecule has 2 heterocycles. The van der Waals surface area contributed by atoms with Crippen LogP contribution in [-0.4, -0.2) is 23.8 Å². The maximum absolute atomic E-state index is 13.2. The van der Waals surface area contributed by atoms with Crippen LogP contribution in [-0.2, 0) is 22.8 Å². The Bertz CT molecular complexity index is 880.